The molecule has 0 radical (unpaired) electrons. The fourth-order valence-corrected chi connectivity index (χ4v) is 3.77. The van der Waals surface area contributed by atoms with E-state index in [0.29, 0.717) is 31.7 Å². The molecule has 0 fully saturated rings. The molecule has 0 aromatic heterocycles. The van der Waals surface area contributed by atoms with Gasteiger partial charge in [-0.15, -0.1) is 0 Å². The zero-order valence-electron chi connectivity index (χ0n) is 20.9. The molecular formula is C29H34N2O5. The Hall–Kier alpha value is -3.84. The summed E-state index contributed by atoms with van der Waals surface area (Å²) in [5.74, 6) is 0.832. The topological polar surface area (TPSA) is 77.1 Å². The first-order chi connectivity index (χ1) is 17.6. The van der Waals surface area contributed by atoms with Crippen molar-refractivity contribution < 1.29 is 23.8 Å². The van der Waals surface area contributed by atoms with E-state index in [1.165, 1.54) is 0 Å². The summed E-state index contributed by atoms with van der Waals surface area (Å²) in [7, 11) is 3.23. The van der Waals surface area contributed by atoms with E-state index in [-0.39, 0.29) is 25.0 Å². The second-order valence-electron chi connectivity index (χ2n) is 8.31. The highest BCUT2D eigenvalue weighted by Gasteiger charge is 2.30. The summed E-state index contributed by atoms with van der Waals surface area (Å²) in [6.07, 6.45) is 1.06. The van der Waals surface area contributed by atoms with Crippen molar-refractivity contribution in [2.24, 2.45) is 0 Å². The fraction of sp³-hybridized carbons (Fsp3) is 0.310. The van der Waals surface area contributed by atoms with E-state index in [0.717, 1.165) is 16.9 Å². The number of hydrogen-bond acceptors (Lipinski definition) is 5. The highest BCUT2D eigenvalue weighted by atomic mass is 16.5. The Kier molecular flexibility index (Phi) is 10.8. The Balaban J connectivity index is 1.86. The van der Waals surface area contributed by atoms with Crippen LogP contribution >= 0.6 is 0 Å². The van der Waals surface area contributed by atoms with Gasteiger partial charge in [0.05, 0.1) is 7.11 Å². The summed E-state index contributed by atoms with van der Waals surface area (Å²) in [5.41, 5.74) is 1.85. The first-order valence-corrected chi connectivity index (χ1v) is 12.0. The van der Waals surface area contributed by atoms with E-state index < -0.39 is 6.04 Å². The standard InChI is InChI=1S/C29H34N2O5/c1-34-19-9-18-30-29(33)27(20-23-10-5-3-6-11-23)31(21-24-14-16-25(35-2)17-15-24)28(32)22-36-26-12-7-4-8-13-26/h3-8,10-17,27H,9,18-22H2,1-2H3,(H,30,33)/t27-/m1/s1. The predicted octanol–water partition coefficient (Wildman–Crippen LogP) is 3.87. The summed E-state index contributed by atoms with van der Waals surface area (Å²) in [6, 6.07) is 25.6. The minimum atomic E-state index is -0.719. The van der Waals surface area contributed by atoms with Crippen LogP contribution in [0.5, 0.6) is 11.5 Å². The molecule has 1 N–H and O–H groups in total. The van der Waals surface area contributed by atoms with E-state index in [4.69, 9.17) is 14.2 Å². The van der Waals surface area contributed by atoms with Crippen LogP contribution in [0.4, 0.5) is 0 Å². The van der Waals surface area contributed by atoms with Crippen LogP contribution in [0.2, 0.25) is 0 Å². The van der Waals surface area contributed by atoms with Crippen molar-refractivity contribution in [3.8, 4) is 11.5 Å². The molecule has 0 aliphatic carbocycles. The number of benzene rings is 3. The average Bonchev–Trinajstić information content (AvgIpc) is 2.93. The zero-order chi connectivity index (χ0) is 25.6. The van der Waals surface area contributed by atoms with Crippen molar-refractivity contribution in [1.82, 2.24) is 10.2 Å². The lowest BCUT2D eigenvalue weighted by molar-refractivity contribution is -0.142. The van der Waals surface area contributed by atoms with E-state index in [2.05, 4.69) is 5.32 Å². The van der Waals surface area contributed by atoms with Crippen molar-refractivity contribution in [2.45, 2.75) is 25.4 Å². The second-order valence-corrected chi connectivity index (χ2v) is 8.31. The molecule has 0 spiro atoms. The number of nitrogens with zero attached hydrogens (tertiary/aromatic N) is 1. The minimum Gasteiger partial charge on any atom is -0.497 e. The molecule has 3 aromatic carbocycles. The highest BCUT2D eigenvalue weighted by Crippen LogP contribution is 2.18. The quantitative estimate of drug-likeness (QED) is 0.347. The summed E-state index contributed by atoms with van der Waals surface area (Å²) in [4.78, 5) is 28.5. The molecule has 0 unspecified atom stereocenters. The van der Waals surface area contributed by atoms with Crippen LogP contribution in [-0.4, -0.2) is 56.7 Å². The zero-order valence-corrected chi connectivity index (χ0v) is 20.9. The van der Waals surface area contributed by atoms with Crippen molar-refractivity contribution in [3.63, 3.8) is 0 Å². The molecule has 36 heavy (non-hydrogen) atoms. The molecule has 0 heterocycles. The average molecular weight is 491 g/mol. The summed E-state index contributed by atoms with van der Waals surface area (Å²) in [6.45, 7) is 1.08. The summed E-state index contributed by atoms with van der Waals surface area (Å²) < 4.78 is 16.1. The van der Waals surface area contributed by atoms with Gasteiger partial charge < -0.3 is 24.4 Å². The van der Waals surface area contributed by atoms with Crippen LogP contribution in [0, 0.1) is 0 Å². The van der Waals surface area contributed by atoms with Crippen LogP contribution in [0.25, 0.3) is 0 Å². The van der Waals surface area contributed by atoms with Crippen molar-refractivity contribution in [2.75, 3.05) is 34.0 Å². The molecule has 0 aliphatic rings. The first-order valence-electron chi connectivity index (χ1n) is 12.0. The number of amides is 2. The lowest BCUT2D eigenvalue weighted by Gasteiger charge is -2.31. The Bertz CT molecular complexity index is 1060. The van der Waals surface area contributed by atoms with E-state index in [1.54, 1.807) is 31.3 Å². The fourth-order valence-electron chi connectivity index (χ4n) is 3.77. The number of rotatable bonds is 14. The molecule has 7 nitrogen and oxygen atoms in total. The highest BCUT2D eigenvalue weighted by molar-refractivity contribution is 5.88. The smallest absolute Gasteiger partial charge is 0.261 e. The molecule has 0 saturated heterocycles. The second kappa shape index (κ2) is 14.5. The van der Waals surface area contributed by atoms with E-state index in [9.17, 15) is 9.59 Å². The third-order valence-corrected chi connectivity index (χ3v) is 5.71. The normalized spacial score (nSPS) is 11.4. The van der Waals surface area contributed by atoms with Gasteiger partial charge in [-0.1, -0.05) is 60.7 Å². The van der Waals surface area contributed by atoms with E-state index in [1.807, 2.05) is 72.8 Å². The SMILES string of the molecule is COCCCNC(=O)[C@@H](Cc1ccccc1)N(Cc1ccc(OC)cc1)C(=O)COc1ccccc1. The summed E-state index contributed by atoms with van der Waals surface area (Å²) >= 11 is 0. The van der Waals surface area contributed by atoms with Gasteiger partial charge in [-0.25, -0.2) is 0 Å². The third-order valence-electron chi connectivity index (χ3n) is 5.71. The van der Waals surface area contributed by atoms with Crippen LogP contribution in [0.1, 0.15) is 17.5 Å². The Morgan fingerprint density at radius 2 is 1.50 bits per heavy atom. The van der Waals surface area contributed by atoms with Crippen molar-refractivity contribution >= 4 is 11.8 Å². The van der Waals surface area contributed by atoms with Crippen LogP contribution in [-0.2, 0) is 27.3 Å². The maximum Gasteiger partial charge on any atom is 0.261 e. The summed E-state index contributed by atoms with van der Waals surface area (Å²) in [5, 5.41) is 2.98. The van der Waals surface area contributed by atoms with Gasteiger partial charge in [-0.2, -0.15) is 0 Å². The van der Waals surface area contributed by atoms with Gasteiger partial charge >= 0.3 is 0 Å². The number of nitrogens with one attached hydrogen (secondary N) is 1. The lowest BCUT2D eigenvalue weighted by atomic mass is 10.0. The van der Waals surface area contributed by atoms with E-state index >= 15 is 0 Å². The monoisotopic (exact) mass is 490 g/mol. The molecule has 0 saturated carbocycles. The van der Waals surface area contributed by atoms with Gasteiger partial charge in [0.2, 0.25) is 5.91 Å². The largest absolute Gasteiger partial charge is 0.497 e. The molecule has 190 valence electrons. The van der Waals surface area contributed by atoms with Crippen LogP contribution in [0.15, 0.2) is 84.9 Å². The lowest BCUT2D eigenvalue weighted by Crippen LogP contribution is -2.51. The molecule has 3 aromatic rings. The number of para-hydroxylation sites is 1. The predicted molar refractivity (Wildman–Crippen MR) is 139 cm³/mol. The van der Waals surface area contributed by atoms with Gasteiger partial charge in [0.15, 0.2) is 6.61 Å². The molecule has 0 aliphatic heterocycles. The van der Waals surface area contributed by atoms with Gasteiger partial charge in [0, 0.05) is 33.2 Å². The molecule has 3 rings (SSSR count). The van der Waals surface area contributed by atoms with Crippen LogP contribution < -0.4 is 14.8 Å². The third kappa shape index (κ3) is 8.43. The van der Waals surface area contributed by atoms with Gasteiger partial charge in [-0.05, 0) is 41.8 Å². The van der Waals surface area contributed by atoms with Crippen LogP contribution in [0.3, 0.4) is 0 Å². The Morgan fingerprint density at radius 1 is 0.833 bits per heavy atom. The maximum absolute atomic E-state index is 13.5. The first kappa shape index (κ1) is 26.8. The molecular weight excluding hydrogens is 456 g/mol. The molecule has 0 bridgehead atoms. The maximum atomic E-state index is 13.5. The number of methoxy groups -OCH3 is 2. The number of carbonyl (C=O) groups is 2. The Morgan fingerprint density at radius 3 is 2.14 bits per heavy atom. The van der Waals surface area contributed by atoms with Gasteiger partial charge in [0.1, 0.15) is 17.5 Å². The Labute approximate surface area is 213 Å². The number of ether oxygens (including phenoxy) is 3. The molecule has 1 atom stereocenters. The van der Waals surface area contributed by atoms with Crippen molar-refractivity contribution in [1.29, 1.82) is 0 Å². The van der Waals surface area contributed by atoms with Gasteiger partial charge in [0.25, 0.3) is 5.91 Å². The molecule has 2 amide bonds. The van der Waals surface area contributed by atoms with Gasteiger partial charge in [-0.3, -0.25) is 9.59 Å². The minimum absolute atomic E-state index is 0.178. The molecule has 7 heteroatoms. The van der Waals surface area contributed by atoms with Crippen molar-refractivity contribution in [3.05, 3.63) is 96.1 Å². The number of carbonyl (C=O) groups excluding carboxylic acids is 2. The number of hydrogen-bond donors (Lipinski definition) is 1.